The third-order valence-corrected chi connectivity index (χ3v) is 3.25. The predicted octanol–water partition coefficient (Wildman–Crippen LogP) is 2.00. The predicted molar refractivity (Wildman–Crippen MR) is 72.6 cm³/mol. The summed E-state index contributed by atoms with van der Waals surface area (Å²) in [6.45, 7) is 7.88. The largest absolute Gasteiger partial charge is 0.475 e. The first-order valence-corrected chi connectivity index (χ1v) is 6.55. The quantitative estimate of drug-likeness (QED) is 0.835. The van der Waals surface area contributed by atoms with E-state index in [9.17, 15) is 0 Å². The molecule has 1 N–H and O–H groups in total. The maximum atomic E-state index is 5.63. The summed E-state index contributed by atoms with van der Waals surface area (Å²) in [5, 5.41) is 2.97. The lowest BCUT2D eigenvalue weighted by Gasteiger charge is -2.18. The van der Waals surface area contributed by atoms with E-state index in [1.54, 1.807) is 0 Å². The second kappa shape index (κ2) is 7.45. The molecule has 0 amide bonds. The van der Waals surface area contributed by atoms with Gasteiger partial charge in [-0.15, -0.1) is 0 Å². The summed E-state index contributed by atoms with van der Waals surface area (Å²) in [4.78, 5) is 10.5. The van der Waals surface area contributed by atoms with Crippen LogP contribution in [0.2, 0.25) is 0 Å². The monoisotopic (exact) mass is 302 g/mol. The number of rotatable bonds is 7. The molecule has 96 valence electrons. The number of nitrogens with one attached hydrogen (secondary N) is 1. The summed E-state index contributed by atoms with van der Waals surface area (Å²) in [5.74, 6) is 1.31. The number of hydrogen-bond acceptors (Lipinski definition) is 5. The van der Waals surface area contributed by atoms with E-state index in [0.717, 1.165) is 29.9 Å². The topological polar surface area (TPSA) is 50.3 Å². The number of halogens is 1. The highest BCUT2D eigenvalue weighted by Crippen LogP contribution is 2.27. The minimum absolute atomic E-state index is 0.580. The van der Waals surface area contributed by atoms with Gasteiger partial charge in [0.05, 0.1) is 0 Å². The Balaban J connectivity index is 2.52. The molecule has 0 fully saturated rings. The Morgan fingerprint density at radius 2 is 2.06 bits per heavy atom. The van der Waals surface area contributed by atoms with Gasteiger partial charge in [0.15, 0.2) is 0 Å². The lowest BCUT2D eigenvalue weighted by Crippen LogP contribution is -2.28. The maximum Gasteiger partial charge on any atom is 0.233 e. The lowest BCUT2D eigenvalue weighted by molar-refractivity contribution is 0.217. The summed E-state index contributed by atoms with van der Waals surface area (Å²) < 4.78 is 6.40. The molecular formula is C11H19BrN4O. The van der Waals surface area contributed by atoms with Crippen LogP contribution in [-0.4, -0.2) is 48.2 Å². The molecule has 0 saturated heterocycles. The highest BCUT2D eigenvalue weighted by atomic mass is 79.9. The van der Waals surface area contributed by atoms with Gasteiger partial charge in [0.25, 0.3) is 0 Å². The zero-order valence-corrected chi connectivity index (χ0v) is 12.1. The fourth-order valence-electron chi connectivity index (χ4n) is 1.44. The average molecular weight is 303 g/mol. The molecule has 0 radical (unpaired) electrons. The van der Waals surface area contributed by atoms with E-state index in [4.69, 9.17) is 4.74 Å². The van der Waals surface area contributed by atoms with E-state index in [-0.39, 0.29) is 0 Å². The van der Waals surface area contributed by atoms with E-state index in [2.05, 4.69) is 50.0 Å². The van der Waals surface area contributed by atoms with Crippen LogP contribution in [0.4, 0.5) is 5.82 Å². The smallest absolute Gasteiger partial charge is 0.233 e. The average Bonchev–Trinajstić information content (AvgIpc) is 2.36. The van der Waals surface area contributed by atoms with E-state index in [1.165, 1.54) is 6.33 Å². The van der Waals surface area contributed by atoms with Gasteiger partial charge in [-0.05, 0) is 29.0 Å². The van der Waals surface area contributed by atoms with Gasteiger partial charge in [0.1, 0.15) is 23.2 Å². The SMILES string of the molecule is CCN(CC)CCOc1ncnc(NC)c1Br. The van der Waals surface area contributed by atoms with Crippen LogP contribution in [-0.2, 0) is 0 Å². The van der Waals surface area contributed by atoms with Crippen molar-refractivity contribution >= 4 is 21.7 Å². The van der Waals surface area contributed by atoms with Crippen LogP contribution in [0.15, 0.2) is 10.8 Å². The number of hydrogen-bond donors (Lipinski definition) is 1. The van der Waals surface area contributed by atoms with Crippen molar-refractivity contribution in [3.05, 3.63) is 10.8 Å². The summed E-state index contributed by atoms with van der Waals surface area (Å²) >= 11 is 3.42. The van der Waals surface area contributed by atoms with Gasteiger partial charge in [0, 0.05) is 13.6 Å². The van der Waals surface area contributed by atoms with Crippen molar-refractivity contribution in [1.29, 1.82) is 0 Å². The Morgan fingerprint density at radius 1 is 1.35 bits per heavy atom. The van der Waals surface area contributed by atoms with Gasteiger partial charge in [-0.2, -0.15) is 0 Å². The highest BCUT2D eigenvalue weighted by molar-refractivity contribution is 9.10. The van der Waals surface area contributed by atoms with Crippen LogP contribution in [0, 0.1) is 0 Å². The van der Waals surface area contributed by atoms with E-state index in [1.807, 2.05) is 7.05 Å². The number of aromatic nitrogens is 2. The van der Waals surface area contributed by atoms with Gasteiger partial charge in [-0.1, -0.05) is 13.8 Å². The van der Waals surface area contributed by atoms with Crippen molar-refractivity contribution < 1.29 is 4.74 Å². The van der Waals surface area contributed by atoms with Crippen LogP contribution in [0.5, 0.6) is 5.88 Å². The van der Waals surface area contributed by atoms with Crippen molar-refractivity contribution in [1.82, 2.24) is 14.9 Å². The molecule has 0 saturated carbocycles. The second-order valence-electron chi connectivity index (χ2n) is 3.47. The van der Waals surface area contributed by atoms with E-state index >= 15 is 0 Å². The molecule has 0 spiro atoms. The number of ether oxygens (including phenoxy) is 1. The molecule has 5 nitrogen and oxygen atoms in total. The standard InChI is InChI=1S/C11H19BrN4O/c1-4-16(5-2)6-7-17-11-9(12)10(13-3)14-8-15-11/h8H,4-7H2,1-3H3,(H,13,14,15). The zero-order chi connectivity index (χ0) is 12.7. The van der Waals surface area contributed by atoms with Crippen LogP contribution < -0.4 is 10.1 Å². The number of anilines is 1. The third kappa shape index (κ3) is 4.12. The molecule has 17 heavy (non-hydrogen) atoms. The first-order chi connectivity index (χ1) is 8.22. The molecule has 0 bridgehead atoms. The first-order valence-electron chi connectivity index (χ1n) is 5.76. The molecule has 0 unspecified atom stereocenters. The second-order valence-corrected chi connectivity index (χ2v) is 4.26. The minimum Gasteiger partial charge on any atom is -0.475 e. The molecule has 0 aromatic carbocycles. The fraction of sp³-hybridized carbons (Fsp3) is 0.636. The van der Waals surface area contributed by atoms with Crippen molar-refractivity contribution in [3.8, 4) is 5.88 Å². The maximum absolute atomic E-state index is 5.63. The number of likely N-dealkylation sites (N-methyl/N-ethyl adjacent to an activating group) is 1. The van der Waals surface area contributed by atoms with Gasteiger partial charge in [-0.25, -0.2) is 9.97 Å². The Labute approximate surface area is 111 Å². The Bertz CT molecular complexity index is 344. The fourth-order valence-corrected chi connectivity index (χ4v) is 1.96. The normalized spacial score (nSPS) is 10.6. The van der Waals surface area contributed by atoms with Crippen molar-refractivity contribution in [2.45, 2.75) is 13.8 Å². The van der Waals surface area contributed by atoms with E-state index < -0.39 is 0 Å². The van der Waals surface area contributed by atoms with Crippen molar-refractivity contribution in [2.75, 3.05) is 38.6 Å². The Morgan fingerprint density at radius 3 is 2.65 bits per heavy atom. The molecule has 0 aliphatic rings. The van der Waals surface area contributed by atoms with Gasteiger partial charge >= 0.3 is 0 Å². The Kier molecular flexibility index (Phi) is 6.21. The highest BCUT2D eigenvalue weighted by Gasteiger charge is 2.08. The molecule has 0 aliphatic heterocycles. The molecule has 1 aromatic heterocycles. The third-order valence-electron chi connectivity index (χ3n) is 2.54. The molecular weight excluding hydrogens is 284 g/mol. The van der Waals surface area contributed by atoms with E-state index in [0.29, 0.717) is 12.5 Å². The summed E-state index contributed by atoms with van der Waals surface area (Å²) in [7, 11) is 1.81. The van der Waals surface area contributed by atoms with Crippen molar-refractivity contribution in [3.63, 3.8) is 0 Å². The van der Waals surface area contributed by atoms with Crippen LogP contribution >= 0.6 is 15.9 Å². The van der Waals surface area contributed by atoms with Crippen LogP contribution in [0.25, 0.3) is 0 Å². The molecule has 6 heteroatoms. The summed E-state index contributed by atoms with van der Waals surface area (Å²) in [6.07, 6.45) is 1.49. The molecule has 1 aromatic rings. The molecule has 1 rings (SSSR count). The van der Waals surface area contributed by atoms with Crippen LogP contribution in [0.3, 0.4) is 0 Å². The first kappa shape index (κ1) is 14.2. The zero-order valence-electron chi connectivity index (χ0n) is 10.5. The van der Waals surface area contributed by atoms with Gasteiger partial charge in [-0.3, -0.25) is 0 Å². The minimum atomic E-state index is 0.580. The van der Waals surface area contributed by atoms with Gasteiger partial charge in [0.2, 0.25) is 5.88 Å². The van der Waals surface area contributed by atoms with Crippen molar-refractivity contribution in [2.24, 2.45) is 0 Å². The summed E-state index contributed by atoms with van der Waals surface area (Å²) in [6, 6.07) is 0. The van der Waals surface area contributed by atoms with Gasteiger partial charge < -0.3 is 15.0 Å². The molecule has 0 aliphatic carbocycles. The molecule has 0 atom stereocenters. The molecule has 1 heterocycles. The van der Waals surface area contributed by atoms with Crippen LogP contribution in [0.1, 0.15) is 13.8 Å². The number of nitrogens with zero attached hydrogens (tertiary/aromatic N) is 3. The Hall–Kier alpha value is -0.880. The summed E-state index contributed by atoms with van der Waals surface area (Å²) in [5.41, 5.74) is 0. The lowest BCUT2D eigenvalue weighted by atomic mass is 10.5.